The summed E-state index contributed by atoms with van der Waals surface area (Å²) in [5, 5.41) is 4.82. The molecule has 0 unspecified atom stereocenters. The molecule has 1 aromatic carbocycles. The van der Waals surface area contributed by atoms with Crippen LogP contribution in [0.3, 0.4) is 0 Å². The van der Waals surface area contributed by atoms with E-state index in [1.807, 2.05) is 42.6 Å². The number of aryl methyl sites for hydroxylation is 1. The van der Waals surface area contributed by atoms with Crippen molar-refractivity contribution in [3.05, 3.63) is 70.7 Å². The minimum absolute atomic E-state index is 0.0931. The molecule has 0 saturated carbocycles. The summed E-state index contributed by atoms with van der Waals surface area (Å²) in [7, 11) is 0. The number of anilines is 1. The lowest BCUT2D eigenvalue weighted by molar-refractivity contribution is 0.102. The van der Waals surface area contributed by atoms with E-state index < -0.39 is 0 Å². The number of hydrogen-bond donors (Lipinski definition) is 1. The number of rotatable bonds is 3. The number of nitrogens with one attached hydrogen (secondary N) is 1. The van der Waals surface area contributed by atoms with Gasteiger partial charge in [-0.15, -0.1) is 11.3 Å². The molecule has 0 aliphatic heterocycles. The normalized spacial score (nSPS) is 10.3. The molecule has 1 N–H and O–H groups in total. The number of carbonyl (C=O) groups is 1. The lowest BCUT2D eigenvalue weighted by Gasteiger charge is -2.07. The van der Waals surface area contributed by atoms with Gasteiger partial charge >= 0.3 is 0 Å². The van der Waals surface area contributed by atoms with Crippen LogP contribution in [-0.4, -0.2) is 10.9 Å². The molecule has 0 fully saturated rings. The molecule has 104 valence electrons. The van der Waals surface area contributed by atoms with Gasteiger partial charge in [0.25, 0.3) is 5.91 Å². The Bertz CT molecular complexity index is 751. The number of amides is 1. The maximum absolute atomic E-state index is 12.5. The third kappa shape index (κ3) is 2.85. The lowest BCUT2D eigenvalue weighted by Crippen LogP contribution is -2.12. The van der Waals surface area contributed by atoms with Crippen LogP contribution in [0.25, 0.3) is 11.1 Å². The fourth-order valence-electron chi connectivity index (χ4n) is 2.22. The van der Waals surface area contributed by atoms with Gasteiger partial charge in [0, 0.05) is 33.9 Å². The molecular weight excluding hydrogens is 280 g/mol. The van der Waals surface area contributed by atoms with Crippen LogP contribution < -0.4 is 5.32 Å². The monoisotopic (exact) mass is 294 g/mol. The molecular formula is C17H14N2OS. The van der Waals surface area contributed by atoms with Crippen molar-refractivity contribution in [3.8, 4) is 11.1 Å². The van der Waals surface area contributed by atoms with Crippen LogP contribution in [0.1, 0.15) is 15.2 Å². The number of thiophene rings is 1. The van der Waals surface area contributed by atoms with Crippen molar-refractivity contribution in [1.82, 2.24) is 4.98 Å². The van der Waals surface area contributed by atoms with Crippen molar-refractivity contribution in [2.45, 2.75) is 6.92 Å². The van der Waals surface area contributed by atoms with Gasteiger partial charge < -0.3 is 5.32 Å². The Hall–Kier alpha value is -2.46. The van der Waals surface area contributed by atoms with Gasteiger partial charge in [-0.3, -0.25) is 9.78 Å². The SMILES string of the molecule is Cc1scc(C(=O)Nc2ccncc2)c1-c1ccccc1. The van der Waals surface area contributed by atoms with Gasteiger partial charge in [-0.25, -0.2) is 0 Å². The van der Waals surface area contributed by atoms with Crippen LogP contribution in [0.4, 0.5) is 5.69 Å². The first-order valence-electron chi connectivity index (χ1n) is 6.60. The molecule has 0 aliphatic rings. The molecule has 0 saturated heterocycles. The third-order valence-corrected chi connectivity index (χ3v) is 4.13. The van der Waals surface area contributed by atoms with E-state index in [4.69, 9.17) is 0 Å². The van der Waals surface area contributed by atoms with Gasteiger partial charge in [-0.2, -0.15) is 0 Å². The van der Waals surface area contributed by atoms with Crippen LogP contribution in [0.2, 0.25) is 0 Å². The van der Waals surface area contributed by atoms with Crippen molar-refractivity contribution in [1.29, 1.82) is 0 Å². The highest BCUT2D eigenvalue weighted by Crippen LogP contribution is 2.32. The summed E-state index contributed by atoms with van der Waals surface area (Å²) in [4.78, 5) is 17.6. The summed E-state index contributed by atoms with van der Waals surface area (Å²) in [6.45, 7) is 2.04. The first kappa shape index (κ1) is 13.5. The quantitative estimate of drug-likeness (QED) is 0.779. The van der Waals surface area contributed by atoms with E-state index >= 15 is 0 Å². The molecule has 3 rings (SSSR count). The van der Waals surface area contributed by atoms with E-state index in [0.29, 0.717) is 5.56 Å². The van der Waals surface area contributed by atoms with E-state index in [0.717, 1.165) is 21.7 Å². The molecule has 0 atom stereocenters. The first-order chi connectivity index (χ1) is 10.3. The van der Waals surface area contributed by atoms with Gasteiger partial charge in [-0.05, 0) is 24.6 Å². The van der Waals surface area contributed by atoms with Gasteiger partial charge in [0.1, 0.15) is 0 Å². The highest BCUT2D eigenvalue weighted by molar-refractivity contribution is 7.10. The zero-order valence-electron chi connectivity index (χ0n) is 11.5. The highest BCUT2D eigenvalue weighted by atomic mass is 32.1. The number of aromatic nitrogens is 1. The Morgan fingerprint density at radius 1 is 1.10 bits per heavy atom. The van der Waals surface area contributed by atoms with Crippen LogP contribution in [0.15, 0.2) is 60.2 Å². The molecule has 3 aromatic rings. The highest BCUT2D eigenvalue weighted by Gasteiger charge is 2.17. The van der Waals surface area contributed by atoms with E-state index in [1.165, 1.54) is 0 Å². The second kappa shape index (κ2) is 5.89. The largest absolute Gasteiger partial charge is 0.322 e. The molecule has 1 amide bonds. The van der Waals surface area contributed by atoms with Crippen molar-refractivity contribution < 1.29 is 4.79 Å². The number of nitrogens with zero attached hydrogens (tertiary/aromatic N) is 1. The number of pyridine rings is 1. The average Bonchev–Trinajstić information content (AvgIpc) is 2.91. The zero-order valence-corrected chi connectivity index (χ0v) is 12.4. The molecule has 0 spiro atoms. The molecule has 2 aromatic heterocycles. The minimum atomic E-state index is -0.0931. The molecule has 0 bridgehead atoms. The van der Waals surface area contributed by atoms with Crippen LogP contribution in [0, 0.1) is 6.92 Å². The maximum atomic E-state index is 12.5. The maximum Gasteiger partial charge on any atom is 0.257 e. The summed E-state index contributed by atoms with van der Waals surface area (Å²) in [6.07, 6.45) is 3.32. The van der Waals surface area contributed by atoms with Gasteiger partial charge in [0.2, 0.25) is 0 Å². The lowest BCUT2D eigenvalue weighted by atomic mass is 10.0. The summed E-state index contributed by atoms with van der Waals surface area (Å²) in [5.41, 5.74) is 3.53. The van der Waals surface area contributed by atoms with Crippen molar-refractivity contribution in [3.63, 3.8) is 0 Å². The predicted octanol–water partition coefficient (Wildman–Crippen LogP) is 4.37. The number of benzene rings is 1. The second-order valence-corrected chi connectivity index (χ2v) is 5.72. The topological polar surface area (TPSA) is 42.0 Å². The Morgan fingerprint density at radius 2 is 1.81 bits per heavy atom. The molecule has 3 nitrogen and oxygen atoms in total. The van der Waals surface area contributed by atoms with E-state index in [9.17, 15) is 4.79 Å². The second-order valence-electron chi connectivity index (χ2n) is 4.64. The molecule has 4 heteroatoms. The number of carbonyl (C=O) groups excluding carboxylic acids is 1. The third-order valence-electron chi connectivity index (χ3n) is 3.22. The summed E-state index contributed by atoms with van der Waals surface area (Å²) < 4.78 is 0. The van der Waals surface area contributed by atoms with E-state index in [2.05, 4.69) is 10.3 Å². The average molecular weight is 294 g/mol. The Balaban J connectivity index is 1.95. The summed E-state index contributed by atoms with van der Waals surface area (Å²) in [6, 6.07) is 13.5. The Morgan fingerprint density at radius 3 is 2.52 bits per heavy atom. The first-order valence-corrected chi connectivity index (χ1v) is 7.48. The predicted molar refractivity (Wildman–Crippen MR) is 86.7 cm³/mol. The van der Waals surface area contributed by atoms with Crippen LogP contribution in [0.5, 0.6) is 0 Å². The Labute approximate surface area is 127 Å². The van der Waals surface area contributed by atoms with Crippen LogP contribution >= 0.6 is 11.3 Å². The minimum Gasteiger partial charge on any atom is -0.322 e. The van der Waals surface area contributed by atoms with E-state index in [1.54, 1.807) is 35.9 Å². The fourth-order valence-corrected chi connectivity index (χ4v) is 3.08. The Kier molecular flexibility index (Phi) is 3.79. The summed E-state index contributed by atoms with van der Waals surface area (Å²) >= 11 is 1.59. The van der Waals surface area contributed by atoms with Gasteiger partial charge in [0.05, 0.1) is 5.56 Å². The molecule has 0 radical (unpaired) electrons. The zero-order chi connectivity index (χ0) is 14.7. The summed E-state index contributed by atoms with van der Waals surface area (Å²) in [5.74, 6) is -0.0931. The fraction of sp³-hybridized carbons (Fsp3) is 0.0588. The van der Waals surface area contributed by atoms with E-state index in [-0.39, 0.29) is 5.91 Å². The van der Waals surface area contributed by atoms with Gasteiger partial charge in [0.15, 0.2) is 0 Å². The molecule has 0 aliphatic carbocycles. The molecule has 21 heavy (non-hydrogen) atoms. The van der Waals surface area contributed by atoms with Crippen molar-refractivity contribution in [2.24, 2.45) is 0 Å². The van der Waals surface area contributed by atoms with Crippen molar-refractivity contribution in [2.75, 3.05) is 5.32 Å². The number of hydrogen-bond acceptors (Lipinski definition) is 3. The standard InChI is InChI=1S/C17H14N2OS/c1-12-16(13-5-3-2-4-6-13)15(11-21-12)17(20)19-14-7-9-18-10-8-14/h2-11H,1H3,(H,18,19,20). The molecule has 2 heterocycles. The van der Waals surface area contributed by atoms with Crippen molar-refractivity contribution >= 4 is 22.9 Å². The smallest absolute Gasteiger partial charge is 0.257 e. The van der Waals surface area contributed by atoms with Crippen LogP contribution in [-0.2, 0) is 0 Å². The van der Waals surface area contributed by atoms with Gasteiger partial charge in [-0.1, -0.05) is 30.3 Å².